The number of carbonyl (C=O) groups excluding carboxylic acids is 1. The van der Waals surface area contributed by atoms with Crippen LogP contribution in [0.2, 0.25) is 0 Å². The molecule has 1 amide bonds. The van der Waals surface area contributed by atoms with Crippen molar-refractivity contribution >= 4 is 28.4 Å². The van der Waals surface area contributed by atoms with Crippen LogP contribution in [-0.2, 0) is 17.1 Å². The maximum atomic E-state index is 13.3. The SMILES string of the molecule is O=C1CCCN1c1cn2c(ccc3c(C(F)(F)F)cc(C(F)(F)F)nc32)n1. The predicted octanol–water partition coefficient (Wildman–Crippen LogP) is 4.05. The molecule has 3 aromatic heterocycles. The van der Waals surface area contributed by atoms with Crippen LogP contribution in [0.4, 0.5) is 32.2 Å². The first-order chi connectivity index (χ1) is 12.6. The average molecular weight is 388 g/mol. The summed E-state index contributed by atoms with van der Waals surface area (Å²) in [6, 6.07) is 2.27. The molecule has 0 atom stereocenters. The average Bonchev–Trinajstić information content (AvgIpc) is 3.17. The standard InChI is InChI=1S/C16H10F6N4O/c17-15(18,19)9-6-10(16(20,21)22)23-14-8(9)3-4-11-24-12(7-26(11)14)25-5-1-2-13(25)27/h3-4,6-7H,1-2,5H2. The maximum absolute atomic E-state index is 13.3. The van der Waals surface area contributed by atoms with Gasteiger partial charge >= 0.3 is 12.4 Å². The Morgan fingerprint density at radius 3 is 2.33 bits per heavy atom. The smallest absolute Gasteiger partial charge is 0.296 e. The summed E-state index contributed by atoms with van der Waals surface area (Å²) in [5, 5.41) is -0.486. The number of imidazole rings is 1. The zero-order valence-electron chi connectivity index (χ0n) is 13.4. The first-order valence-electron chi connectivity index (χ1n) is 7.83. The molecule has 0 N–H and O–H groups in total. The predicted molar refractivity (Wildman–Crippen MR) is 82.1 cm³/mol. The number of fused-ring (bicyclic) bond motifs is 3. The third-order valence-corrected chi connectivity index (χ3v) is 4.33. The van der Waals surface area contributed by atoms with Gasteiger partial charge in [-0.05, 0) is 24.6 Å². The van der Waals surface area contributed by atoms with E-state index in [-0.39, 0.29) is 23.4 Å². The van der Waals surface area contributed by atoms with Gasteiger partial charge in [0.25, 0.3) is 0 Å². The van der Waals surface area contributed by atoms with E-state index < -0.39 is 34.6 Å². The molecular formula is C16H10F6N4O. The Morgan fingerprint density at radius 2 is 1.74 bits per heavy atom. The molecule has 1 fully saturated rings. The van der Waals surface area contributed by atoms with Gasteiger partial charge in [0.05, 0.1) is 11.8 Å². The van der Waals surface area contributed by atoms with Crippen molar-refractivity contribution in [2.75, 3.05) is 11.4 Å². The number of anilines is 1. The van der Waals surface area contributed by atoms with E-state index in [0.717, 1.165) is 10.5 Å². The van der Waals surface area contributed by atoms with Crippen LogP contribution in [0.25, 0.3) is 16.7 Å². The van der Waals surface area contributed by atoms with E-state index in [1.165, 1.54) is 17.2 Å². The summed E-state index contributed by atoms with van der Waals surface area (Å²) in [5.41, 5.74) is -3.52. The van der Waals surface area contributed by atoms with Gasteiger partial charge < -0.3 is 0 Å². The fraction of sp³-hybridized carbons (Fsp3) is 0.312. The van der Waals surface area contributed by atoms with E-state index in [2.05, 4.69) is 9.97 Å². The second-order valence-electron chi connectivity index (χ2n) is 6.10. The molecule has 4 rings (SSSR count). The van der Waals surface area contributed by atoms with Crippen LogP contribution in [0.1, 0.15) is 24.1 Å². The molecule has 1 aliphatic heterocycles. The van der Waals surface area contributed by atoms with E-state index in [1.807, 2.05) is 0 Å². The summed E-state index contributed by atoms with van der Waals surface area (Å²) in [7, 11) is 0. The molecule has 0 aliphatic carbocycles. The van der Waals surface area contributed by atoms with Crippen molar-refractivity contribution in [1.82, 2.24) is 14.4 Å². The molecular weight excluding hydrogens is 378 g/mol. The number of hydrogen-bond acceptors (Lipinski definition) is 3. The quantitative estimate of drug-likeness (QED) is 0.591. The van der Waals surface area contributed by atoms with Crippen molar-refractivity contribution in [2.24, 2.45) is 0 Å². The molecule has 4 heterocycles. The fourth-order valence-electron chi connectivity index (χ4n) is 3.12. The van der Waals surface area contributed by atoms with Crippen LogP contribution in [-0.4, -0.2) is 26.8 Å². The van der Waals surface area contributed by atoms with Gasteiger partial charge in [0.15, 0.2) is 5.82 Å². The van der Waals surface area contributed by atoms with Gasteiger partial charge in [0, 0.05) is 18.4 Å². The van der Waals surface area contributed by atoms with E-state index in [0.29, 0.717) is 19.4 Å². The molecule has 11 heteroatoms. The van der Waals surface area contributed by atoms with Crippen molar-refractivity contribution in [3.63, 3.8) is 0 Å². The van der Waals surface area contributed by atoms with Gasteiger partial charge in [0.1, 0.15) is 17.0 Å². The molecule has 27 heavy (non-hydrogen) atoms. The van der Waals surface area contributed by atoms with Gasteiger partial charge in [-0.15, -0.1) is 0 Å². The number of alkyl halides is 6. The molecule has 0 bridgehead atoms. The molecule has 142 valence electrons. The Morgan fingerprint density at radius 1 is 1.00 bits per heavy atom. The van der Waals surface area contributed by atoms with Crippen LogP contribution in [0.3, 0.4) is 0 Å². The van der Waals surface area contributed by atoms with E-state index in [4.69, 9.17) is 0 Å². The number of aromatic nitrogens is 3. The second kappa shape index (κ2) is 5.57. The summed E-state index contributed by atoms with van der Waals surface area (Å²) >= 11 is 0. The van der Waals surface area contributed by atoms with Gasteiger partial charge in [-0.25, -0.2) is 9.97 Å². The molecule has 3 aromatic rings. The zero-order valence-corrected chi connectivity index (χ0v) is 13.4. The van der Waals surface area contributed by atoms with Crippen molar-refractivity contribution in [2.45, 2.75) is 25.2 Å². The summed E-state index contributed by atoms with van der Waals surface area (Å²) in [6.45, 7) is 0.385. The maximum Gasteiger partial charge on any atom is 0.433 e. The van der Waals surface area contributed by atoms with E-state index >= 15 is 0 Å². The minimum Gasteiger partial charge on any atom is -0.296 e. The highest BCUT2D eigenvalue weighted by Gasteiger charge is 2.39. The second-order valence-corrected chi connectivity index (χ2v) is 6.10. The number of pyridine rings is 2. The van der Waals surface area contributed by atoms with E-state index in [9.17, 15) is 31.1 Å². The van der Waals surface area contributed by atoms with Crippen molar-refractivity contribution in [3.8, 4) is 0 Å². The molecule has 5 nitrogen and oxygen atoms in total. The van der Waals surface area contributed by atoms with Gasteiger partial charge in [-0.2, -0.15) is 26.3 Å². The summed E-state index contributed by atoms with van der Waals surface area (Å²) in [5.74, 6) is -0.0413. The number of halogens is 6. The minimum absolute atomic E-state index is 0.00397. The van der Waals surface area contributed by atoms with Gasteiger partial charge in [-0.3, -0.25) is 14.1 Å². The van der Waals surface area contributed by atoms with Crippen LogP contribution >= 0.6 is 0 Å². The Hall–Kier alpha value is -2.85. The van der Waals surface area contributed by atoms with Gasteiger partial charge in [0.2, 0.25) is 5.91 Å². The number of hydrogen-bond donors (Lipinski definition) is 0. The largest absolute Gasteiger partial charge is 0.433 e. The monoisotopic (exact) mass is 388 g/mol. The summed E-state index contributed by atoms with van der Waals surface area (Å²) in [6.07, 6.45) is -7.91. The first-order valence-corrected chi connectivity index (χ1v) is 7.83. The Balaban J connectivity index is 2.02. The van der Waals surface area contributed by atoms with Crippen LogP contribution < -0.4 is 4.90 Å². The van der Waals surface area contributed by atoms with Crippen LogP contribution in [0.5, 0.6) is 0 Å². The number of carbonyl (C=O) groups is 1. The Labute approximate surface area is 147 Å². The molecule has 0 spiro atoms. The number of amides is 1. The van der Waals surface area contributed by atoms with E-state index in [1.54, 1.807) is 0 Å². The Kier molecular flexibility index (Phi) is 3.62. The molecule has 0 unspecified atom stereocenters. The Bertz CT molecular complexity index is 1070. The highest BCUT2D eigenvalue weighted by atomic mass is 19.4. The molecule has 0 aromatic carbocycles. The van der Waals surface area contributed by atoms with Crippen LogP contribution in [0.15, 0.2) is 24.4 Å². The fourth-order valence-corrected chi connectivity index (χ4v) is 3.12. The third kappa shape index (κ3) is 2.86. The normalized spacial score (nSPS) is 16.1. The van der Waals surface area contributed by atoms with Gasteiger partial charge in [-0.1, -0.05) is 0 Å². The zero-order chi connectivity index (χ0) is 19.6. The minimum atomic E-state index is -5.05. The summed E-state index contributed by atoms with van der Waals surface area (Å²) < 4.78 is 80.2. The highest BCUT2D eigenvalue weighted by molar-refractivity contribution is 5.95. The lowest BCUT2D eigenvalue weighted by Crippen LogP contribution is -2.23. The lowest BCUT2D eigenvalue weighted by Gasteiger charge is -2.14. The number of rotatable bonds is 1. The molecule has 0 saturated carbocycles. The van der Waals surface area contributed by atoms with Crippen molar-refractivity contribution in [3.05, 3.63) is 35.7 Å². The van der Waals surface area contributed by atoms with Crippen molar-refractivity contribution in [1.29, 1.82) is 0 Å². The molecule has 0 radical (unpaired) electrons. The molecule has 1 aliphatic rings. The lowest BCUT2D eigenvalue weighted by molar-refractivity contribution is -0.144. The third-order valence-electron chi connectivity index (χ3n) is 4.33. The topological polar surface area (TPSA) is 50.5 Å². The first kappa shape index (κ1) is 17.6. The number of nitrogens with zero attached hydrogens (tertiary/aromatic N) is 4. The lowest BCUT2D eigenvalue weighted by atomic mass is 10.1. The highest BCUT2D eigenvalue weighted by Crippen LogP contribution is 2.39. The van der Waals surface area contributed by atoms with Crippen molar-refractivity contribution < 1.29 is 31.1 Å². The molecule has 1 saturated heterocycles. The van der Waals surface area contributed by atoms with Crippen LogP contribution in [0, 0.1) is 0 Å². The summed E-state index contributed by atoms with van der Waals surface area (Å²) in [4.78, 5) is 20.7.